The molecule has 1 nitrogen and oxygen atoms in total. The molecule has 1 rings (SSSR count). The Labute approximate surface area is 76.6 Å². The minimum Gasteiger partial charge on any atom is -0.324 e. The number of benzene rings is 1. The molecule has 72 valence electrons. The smallest absolute Gasteiger partial charge is 0.129 e. The Kier molecular flexibility index (Phi) is 3.37. The molecule has 0 aliphatic carbocycles. The van der Waals surface area contributed by atoms with Crippen molar-refractivity contribution in [3.8, 4) is 0 Å². The monoisotopic (exact) mass is 185 g/mol. The summed E-state index contributed by atoms with van der Waals surface area (Å²) in [5.74, 6) is -0.510. The average molecular weight is 185 g/mol. The minimum absolute atomic E-state index is 0.0899. The van der Waals surface area contributed by atoms with E-state index in [2.05, 4.69) is 0 Å². The van der Waals surface area contributed by atoms with Gasteiger partial charge in [0.1, 0.15) is 12.5 Å². The summed E-state index contributed by atoms with van der Waals surface area (Å²) >= 11 is 0. The molecule has 3 heteroatoms. The van der Waals surface area contributed by atoms with Crippen LogP contribution in [-0.4, -0.2) is 0 Å². The van der Waals surface area contributed by atoms with Crippen LogP contribution in [0, 0.1) is 5.82 Å². The zero-order valence-electron chi connectivity index (χ0n) is 7.56. The maximum atomic E-state index is 13.1. The molecule has 0 aromatic heterocycles. The van der Waals surface area contributed by atoms with Gasteiger partial charge in [-0.15, -0.1) is 0 Å². The fraction of sp³-hybridized carbons (Fsp3) is 0.400. The van der Waals surface area contributed by atoms with Gasteiger partial charge >= 0.3 is 0 Å². The molecule has 1 aromatic carbocycles. The van der Waals surface area contributed by atoms with Crippen LogP contribution in [0.1, 0.15) is 30.5 Å². The van der Waals surface area contributed by atoms with Crippen molar-refractivity contribution in [2.45, 2.75) is 26.1 Å². The standard InChI is InChI=1S/C10H13F2N/c1-2-10(13)7-3-4-8(6-11)9(12)5-7/h3-5,10H,2,6,13H2,1H3. The molecule has 1 atom stereocenters. The molecule has 0 fully saturated rings. The van der Waals surface area contributed by atoms with E-state index in [1.807, 2.05) is 6.92 Å². The number of alkyl halides is 1. The highest BCUT2D eigenvalue weighted by molar-refractivity contribution is 5.26. The van der Waals surface area contributed by atoms with Crippen molar-refractivity contribution in [3.63, 3.8) is 0 Å². The molecule has 0 bridgehead atoms. The largest absolute Gasteiger partial charge is 0.324 e. The van der Waals surface area contributed by atoms with Crippen LogP contribution < -0.4 is 5.73 Å². The fourth-order valence-electron chi connectivity index (χ4n) is 1.14. The molecule has 1 aromatic rings. The maximum absolute atomic E-state index is 13.1. The van der Waals surface area contributed by atoms with Crippen LogP contribution >= 0.6 is 0 Å². The number of hydrogen-bond acceptors (Lipinski definition) is 1. The lowest BCUT2D eigenvalue weighted by atomic mass is 10.0. The van der Waals surface area contributed by atoms with Crippen LogP contribution in [0.4, 0.5) is 8.78 Å². The average Bonchev–Trinajstić information content (AvgIpc) is 2.16. The van der Waals surface area contributed by atoms with E-state index in [0.717, 1.165) is 12.0 Å². The lowest BCUT2D eigenvalue weighted by Gasteiger charge is -2.09. The van der Waals surface area contributed by atoms with Crippen LogP contribution in [0.25, 0.3) is 0 Å². The zero-order valence-corrected chi connectivity index (χ0v) is 7.56. The molecule has 13 heavy (non-hydrogen) atoms. The second kappa shape index (κ2) is 4.33. The Morgan fingerprint density at radius 2 is 2.15 bits per heavy atom. The Bertz CT molecular complexity index is 286. The summed E-state index contributed by atoms with van der Waals surface area (Å²) in [5, 5.41) is 0. The predicted molar refractivity (Wildman–Crippen MR) is 48.4 cm³/mol. The van der Waals surface area contributed by atoms with Gasteiger partial charge in [0.25, 0.3) is 0 Å². The first kappa shape index (κ1) is 10.1. The molecule has 0 radical (unpaired) electrons. The SMILES string of the molecule is CCC(N)c1ccc(CF)c(F)c1. The molecule has 2 N–H and O–H groups in total. The number of halogens is 2. The van der Waals surface area contributed by atoms with Gasteiger partial charge in [-0.2, -0.15) is 0 Å². The van der Waals surface area contributed by atoms with E-state index in [0.29, 0.717) is 0 Å². The van der Waals surface area contributed by atoms with Gasteiger partial charge in [-0.25, -0.2) is 8.78 Å². The first-order valence-corrected chi connectivity index (χ1v) is 4.29. The van der Waals surface area contributed by atoms with E-state index >= 15 is 0 Å². The van der Waals surface area contributed by atoms with Crippen LogP contribution in [-0.2, 0) is 6.67 Å². The Hall–Kier alpha value is -0.960. The summed E-state index contributed by atoms with van der Waals surface area (Å²) < 4.78 is 25.2. The Balaban J connectivity index is 2.95. The van der Waals surface area contributed by atoms with Gasteiger partial charge in [0.05, 0.1) is 0 Å². The summed E-state index contributed by atoms with van der Waals surface area (Å²) in [7, 11) is 0. The van der Waals surface area contributed by atoms with Gasteiger partial charge in [0, 0.05) is 11.6 Å². The summed E-state index contributed by atoms with van der Waals surface area (Å²) in [6.07, 6.45) is 0.744. The lowest BCUT2D eigenvalue weighted by Crippen LogP contribution is -2.09. The Morgan fingerprint density at radius 1 is 1.46 bits per heavy atom. The maximum Gasteiger partial charge on any atom is 0.129 e. The molecule has 1 unspecified atom stereocenters. The molecule has 0 saturated carbocycles. The second-order valence-electron chi connectivity index (χ2n) is 3.00. The number of hydrogen-bond donors (Lipinski definition) is 1. The van der Waals surface area contributed by atoms with Gasteiger partial charge in [-0.1, -0.05) is 19.1 Å². The van der Waals surface area contributed by atoms with Gasteiger partial charge in [0.2, 0.25) is 0 Å². The van der Waals surface area contributed by atoms with Gasteiger partial charge < -0.3 is 5.73 Å². The van der Waals surface area contributed by atoms with Crippen molar-refractivity contribution in [2.24, 2.45) is 5.73 Å². The van der Waals surface area contributed by atoms with Crippen molar-refractivity contribution in [3.05, 3.63) is 35.1 Å². The molecular formula is C10H13F2N. The van der Waals surface area contributed by atoms with Gasteiger partial charge in [0.15, 0.2) is 0 Å². The van der Waals surface area contributed by atoms with Crippen LogP contribution in [0.3, 0.4) is 0 Å². The van der Waals surface area contributed by atoms with Gasteiger partial charge in [-0.3, -0.25) is 0 Å². The first-order valence-electron chi connectivity index (χ1n) is 4.29. The van der Waals surface area contributed by atoms with Crippen molar-refractivity contribution in [1.29, 1.82) is 0 Å². The van der Waals surface area contributed by atoms with E-state index in [-0.39, 0.29) is 11.6 Å². The highest BCUT2D eigenvalue weighted by atomic mass is 19.1. The fourth-order valence-corrected chi connectivity index (χ4v) is 1.14. The number of nitrogens with two attached hydrogens (primary N) is 1. The van der Waals surface area contributed by atoms with E-state index < -0.39 is 12.5 Å². The molecule has 0 saturated heterocycles. The van der Waals surface area contributed by atoms with Crippen molar-refractivity contribution < 1.29 is 8.78 Å². The first-order chi connectivity index (χ1) is 6.19. The molecule has 0 amide bonds. The molecule has 0 aliphatic heterocycles. The van der Waals surface area contributed by atoms with E-state index in [4.69, 9.17) is 5.73 Å². The summed E-state index contributed by atoms with van der Waals surface area (Å²) in [6, 6.07) is 4.26. The minimum atomic E-state index is -0.770. The highest BCUT2D eigenvalue weighted by Gasteiger charge is 2.07. The predicted octanol–water partition coefficient (Wildman–Crippen LogP) is 2.71. The Morgan fingerprint density at radius 3 is 2.62 bits per heavy atom. The topological polar surface area (TPSA) is 26.0 Å². The van der Waals surface area contributed by atoms with E-state index in [1.54, 1.807) is 6.07 Å². The zero-order chi connectivity index (χ0) is 9.84. The van der Waals surface area contributed by atoms with Crippen LogP contribution in [0.2, 0.25) is 0 Å². The molecule has 0 heterocycles. The lowest BCUT2D eigenvalue weighted by molar-refractivity contribution is 0.463. The van der Waals surface area contributed by atoms with E-state index in [1.165, 1.54) is 12.1 Å². The third-order valence-electron chi connectivity index (χ3n) is 2.09. The second-order valence-corrected chi connectivity index (χ2v) is 3.00. The molecule has 0 spiro atoms. The van der Waals surface area contributed by atoms with Crippen LogP contribution in [0.5, 0.6) is 0 Å². The molecular weight excluding hydrogens is 172 g/mol. The summed E-state index contributed by atoms with van der Waals surface area (Å²) in [6.45, 7) is 1.15. The quantitative estimate of drug-likeness (QED) is 0.769. The third kappa shape index (κ3) is 2.25. The normalized spacial score (nSPS) is 12.9. The van der Waals surface area contributed by atoms with E-state index in [9.17, 15) is 8.78 Å². The molecule has 0 aliphatic rings. The van der Waals surface area contributed by atoms with Gasteiger partial charge in [-0.05, 0) is 18.1 Å². The summed E-state index contributed by atoms with van der Waals surface area (Å²) in [4.78, 5) is 0. The van der Waals surface area contributed by atoms with Crippen molar-refractivity contribution >= 4 is 0 Å². The summed E-state index contributed by atoms with van der Waals surface area (Å²) in [5.41, 5.74) is 6.50. The third-order valence-corrected chi connectivity index (χ3v) is 2.09. The van der Waals surface area contributed by atoms with Crippen molar-refractivity contribution in [2.75, 3.05) is 0 Å². The van der Waals surface area contributed by atoms with Crippen molar-refractivity contribution in [1.82, 2.24) is 0 Å². The highest BCUT2D eigenvalue weighted by Crippen LogP contribution is 2.17. The number of rotatable bonds is 3. The van der Waals surface area contributed by atoms with Crippen LogP contribution in [0.15, 0.2) is 18.2 Å².